The van der Waals surface area contributed by atoms with Crippen molar-refractivity contribution in [1.82, 2.24) is 0 Å². The molecule has 0 spiro atoms. The second-order valence-electron chi connectivity index (χ2n) is 5.39. The highest BCUT2D eigenvalue weighted by molar-refractivity contribution is 5.73. The van der Waals surface area contributed by atoms with E-state index >= 15 is 0 Å². The predicted molar refractivity (Wildman–Crippen MR) is 70.0 cm³/mol. The minimum Gasteiger partial charge on any atom is -0.478 e. The largest absolute Gasteiger partial charge is 0.478 e. The summed E-state index contributed by atoms with van der Waals surface area (Å²) in [6.07, 6.45) is 1.23. The summed E-state index contributed by atoms with van der Waals surface area (Å²) in [6.45, 7) is 6.18. The molecule has 0 radical (unpaired) electrons. The van der Waals surface area contributed by atoms with Gasteiger partial charge in [0.2, 0.25) is 0 Å². The summed E-state index contributed by atoms with van der Waals surface area (Å²) in [5.74, 6) is 0.453. The number of benzene rings is 1. The molecule has 1 fully saturated rings. The van der Waals surface area contributed by atoms with Crippen LogP contribution in [0, 0.1) is 12.8 Å². The molecule has 18 heavy (non-hydrogen) atoms. The zero-order valence-electron chi connectivity index (χ0n) is 11.1. The summed E-state index contributed by atoms with van der Waals surface area (Å²) in [6, 6.07) is 6.04. The second-order valence-corrected chi connectivity index (χ2v) is 5.39. The standard InChI is InChI=1S/C15H20O3/c1-9(2)12-5-4-10(3)13(8-12)18-14(15(16)17)11-6-7-11/h4-5,8-9,11,14H,6-7H2,1-3H3,(H,16,17). The van der Waals surface area contributed by atoms with Gasteiger partial charge in [-0.1, -0.05) is 26.0 Å². The quantitative estimate of drug-likeness (QED) is 0.869. The van der Waals surface area contributed by atoms with E-state index in [1.54, 1.807) is 0 Å². The first-order chi connectivity index (χ1) is 8.49. The van der Waals surface area contributed by atoms with E-state index in [9.17, 15) is 9.90 Å². The fourth-order valence-electron chi connectivity index (χ4n) is 1.99. The number of aryl methyl sites for hydroxylation is 1. The van der Waals surface area contributed by atoms with Crippen molar-refractivity contribution < 1.29 is 14.6 Å². The Morgan fingerprint density at radius 3 is 2.56 bits per heavy atom. The van der Waals surface area contributed by atoms with Crippen LogP contribution in [-0.2, 0) is 4.79 Å². The van der Waals surface area contributed by atoms with Gasteiger partial charge in [0.05, 0.1) is 0 Å². The molecule has 0 heterocycles. The molecule has 3 nitrogen and oxygen atoms in total. The summed E-state index contributed by atoms with van der Waals surface area (Å²) in [4.78, 5) is 11.2. The average molecular weight is 248 g/mol. The van der Waals surface area contributed by atoms with Crippen molar-refractivity contribution >= 4 is 5.97 Å². The highest BCUT2D eigenvalue weighted by Gasteiger charge is 2.38. The van der Waals surface area contributed by atoms with Gasteiger partial charge in [0.25, 0.3) is 0 Å². The molecule has 3 heteroatoms. The van der Waals surface area contributed by atoms with Crippen molar-refractivity contribution in [2.75, 3.05) is 0 Å². The van der Waals surface area contributed by atoms with E-state index < -0.39 is 12.1 Å². The van der Waals surface area contributed by atoms with E-state index in [1.165, 1.54) is 5.56 Å². The first-order valence-electron chi connectivity index (χ1n) is 6.49. The highest BCUT2D eigenvalue weighted by Crippen LogP contribution is 2.36. The Bertz CT molecular complexity index is 447. The highest BCUT2D eigenvalue weighted by atomic mass is 16.5. The van der Waals surface area contributed by atoms with Crippen LogP contribution in [0.4, 0.5) is 0 Å². The minimum atomic E-state index is -0.855. The van der Waals surface area contributed by atoms with E-state index in [2.05, 4.69) is 19.9 Å². The third-order valence-corrected chi connectivity index (χ3v) is 3.43. The van der Waals surface area contributed by atoms with Gasteiger partial charge in [0.1, 0.15) is 5.75 Å². The summed E-state index contributed by atoms with van der Waals surface area (Å²) in [5.41, 5.74) is 2.17. The molecular formula is C15H20O3. The van der Waals surface area contributed by atoms with Gasteiger partial charge in [0.15, 0.2) is 6.10 Å². The normalized spacial score (nSPS) is 16.7. The van der Waals surface area contributed by atoms with Crippen LogP contribution in [-0.4, -0.2) is 17.2 Å². The third kappa shape index (κ3) is 2.84. The van der Waals surface area contributed by atoms with Crippen molar-refractivity contribution in [1.29, 1.82) is 0 Å². The van der Waals surface area contributed by atoms with Gasteiger partial charge in [-0.3, -0.25) is 0 Å². The number of aliphatic carboxylic acids is 1. The Morgan fingerprint density at radius 2 is 2.06 bits per heavy atom. The first-order valence-corrected chi connectivity index (χ1v) is 6.49. The number of rotatable bonds is 5. The van der Waals surface area contributed by atoms with Gasteiger partial charge in [-0.05, 0) is 42.9 Å². The molecule has 2 rings (SSSR count). The van der Waals surface area contributed by atoms with Crippen molar-refractivity contribution in [3.8, 4) is 5.75 Å². The lowest BCUT2D eigenvalue weighted by Gasteiger charge is -2.17. The monoisotopic (exact) mass is 248 g/mol. The van der Waals surface area contributed by atoms with Crippen molar-refractivity contribution in [3.63, 3.8) is 0 Å². The lowest BCUT2D eigenvalue weighted by molar-refractivity contribution is -0.146. The van der Waals surface area contributed by atoms with Crippen LogP contribution in [0.3, 0.4) is 0 Å². The molecule has 1 aliphatic carbocycles. The molecular weight excluding hydrogens is 228 g/mol. The maximum Gasteiger partial charge on any atom is 0.345 e. The second kappa shape index (κ2) is 5.01. The van der Waals surface area contributed by atoms with Crippen molar-refractivity contribution in [2.24, 2.45) is 5.92 Å². The zero-order chi connectivity index (χ0) is 13.3. The molecule has 1 N–H and O–H groups in total. The Kier molecular flexibility index (Phi) is 3.60. The van der Waals surface area contributed by atoms with E-state index in [0.29, 0.717) is 11.7 Å². The zero-order valence-corrected chi connectivity index (χ0v) is 11.1. The average Bonchev–Trinajstić information content (AvgIpc) is 3.11. The lowest BCUT2D eigenvalue weighted by Crippen LogP contribution is -2.29. The third-order valence-electron chi connectivity index (χ3n) is 3.43. The molecule has 0 saturated heterocycles. The summed E-state index contributed by atoms with van der Waals surface area (Å²) >= 11 is 0. The number of hydrogen-bond donors (Lipinski definition) is 1. The first kappa shape index (κ1) is 12.9. The van der Waals surface area contributed by atoms with Crippen LogP contribution < -0.4 is 4.74 Å². The van der Waals surface area contributed by atoms with E-state index in [4.69, 9.17) is 4.74 Å². The number of carboxylic acid groups (broad SMARTS) is 1. The fourth-order valence-corrected chi connectivity index (χ4v) is 1.99. The predicted octanol–water partition coefficient (Wildman–Crippen LogP) is 3.36. The smallest absolute Gasteiger partial charge is 0.345 e. The van der Waals surface area contributed by atoms with Gasteiger partial charge in [-0.2, -0.15) is 0 Å². The van der Waals surface area contributed by atoms with Gasteiger partial charge >= 0.3 is 5.97 Å². The van der Waals surface area contributed by atoms with Gasteiger partial charge in [0, 0.05) is 5.92 Å². The number of carboxylic acids is 1. The fraction of sp³-hybridized carbons (Fsp3) is 0.533. The minimum absolute atomic E-state index is 0.185. The van der Waals surface area contributed by atoms with Crippen LogP contribution in [0.15, 0.2) is 18.2 Å². The SMILES string of the molecule is Cc1ccc(C(C)C)cc1OC(C(=O)O)C1CC1. The van der Waals surface area contributed by atoms with E-state index in [-0.39, 0.29) is 5.92 Å². The molecule has 1 saturated carbocycles. The molecule has 1 aliphatic rings. The molecule has 1 aromatic carbocycles. The van der Waals surface area contributed by atoms with Crippen LogP contribution in [0.2, 0.25) is 0 Å². The maximum atomic E-state index is 11.2. The van der Waals surface area contributed by atoms with Gasteiger partial charge in [-0.15, -0.1) is 0 Å². The van der Waals surface area contributed by atoms with Crippen LogP contribution in [0.5, 0.6) is 5.75 Å². The maximum absolute atomic E-state index is 11.2. The molecule has 98 valence electrons. The summed E-state index contributed by atoms with van der Waals surface area (Å²) < 4.78 is 5.72. The van der Waals surface area contributed by atoms with Crippen LogP contribution in [0.25, 0.3) is 0 Å². The Hall–Kier alpha value is -1.51. The number of ether oxygens (including phenoxy) is 1. The van der Waals surface area contributed by atoms with Crippen molar-refractivity contribution in [2.45, 2.75) is 45.6 Å². The Morgan fingerprint density at radius 1 is 1.39 bits per heavy atom. The summed E-state index contributed by atoms with van der Waals surface area (Å²) in [7, 11) is 0. The Labute approximate surface area is 108 Å². The van der Waals surface area contributed by atoms with Crippen LogP contribution >= 0.6 is 0 Å². The molecule has 1 atom stereocenters. The number of hydrogen-bond acceptors (Lipinski definition) is 2. The molecule has 0 amide bonds. The van der Waals surface area contributed by atoms with E-state index in [1.807, 2.05) is 19.1 Å². The van der Waals surface area contributed by atoms with Crippen molar-refractivity contribution in [3.05, 3.63) is 29.3 Å². The van der Waals surface area contributed by atoms with Gasteiger partial charge in [-0.25, -0.2) is 4.79 Å². The molecule has 1 aromatic rings. The Balaban J connectivity index is 2.21. The molecule has 0 bridgehead atoms. The number of carbonyl (C=O) groups is 1. The molecule has 0 aliphatic heterocycles. The van der Waals surface area contributed by atoms with Crippen LogP contribution in [0.1, 0.15) is 43.7 Å². The topological polar surface area (TPSA) is 46.5 Å². The molecule has 0 aromatic heterocycles. The molecule has 1 unspecified atom stereocenters. The summed E-state index contributed by atoms with van der Waals surface area (Å²) in [5, 5.41) is 9.19. The van der Waals surface area contributed by atoms with Gasteiger partial charge < -0.3 is 9.84 Å². The van der Waals surface area contributed by atoms with E-state index in [0.717, 1.165) is 18.4 Å². The lowest BCUT2D eigenvalue weighted by atomic mass is 10.0.